The van der Waals surface area contributed by atoms with E-state index in [2.05, 4.69) is 15.2 Å². The predicted molar refractivity (Wildman–Crippen MR) is 62.1 cm³/mol. The van der Waals surface area contributed by atoms with Gasteiger partial charge in [-0.15, -0.1) is 0 Å². The van der Waals surface area contributed by atoms with Crippen LogP contribution in [-0.4, -0.2) is 15.2 Å². The molecule has 0 saturated carbocycles. The molecule has 0 spiro atoms. The van der Waals surface area contributed by atoms with Gasteiger partial charge in [0.05, 0.1) is 0 Å². The van der Waals surface area contributed by atoms with Gasteiger partial charge in [0.1, 0.15) is 0 Å². The van der Waals surface area contributed by atoms with Gasteiger partial charge in [-0.3, -0.25) is 5.10 Å². The van der Waals surface area contributed by atoms with Crippen LogP contribution in [0.4, 0.5) is 5.82 Å². The highest BCUT2D eigenvalue weighted by Gasteiger charge is 2.01. The highest BCUT2D eigenvalue weighted by atomic mass is 35.5. The van der Waals surface area contributed by atoms with Crippen molar-refractivity contribution in [3.63, 3.8) is 0 Å². The van der Waals surface area contributed by atoms with Crippen LogP contribution in [0.3, 0.4) is 0 Å². The zero-order valence-corrected chi connectivity index (χ0v) is 9.14. The fraction of sp³-hybridized carbons (Fsp3) is 0. The Kier molecular flexibility index (Phi) is 2.66. The summed E-state index contributed by atoms with van der Waals surface area (Å²) in [5.74, 6) is 0.800. The molecule has 0 atom stereocenters. The van der Waals surface area contributed by atoms with E-state index in [0.29, 0.717) is 15.5 Å². The largest absolute Gasteiger partial charge is 0.380 e. The molecule has 0 unspecified atom stereocenters. The van der Waals surface area contributed by atoms with Crippen molar-refractivity contribution in [1.29, 1.82) is 0 Å². The van der Waals surface area contributed by atoms with Gasteiger partial charge in [-0.2, -0.15) is 5.10 Å². The molecular weight excluding hydrogens is 232 g/mol. The molecule has 0 radical (unpaired) electrons. The van der Waals surface area contributed by atoms with E-state index in [0.717, 1.165) is 5.56 Å². The Morgan fingerprint density at radius 1 is 1.27 bits per heavy atom. The molecule has 4 nitrogen and oxygen atoms in total. The van der Waals surface area contributed by atoms with Gasteiger partial charge < -0.3 is 5.73 Å². The van der Waals surface area contributed by atoms with Crippen LogP contribution in [-0.2, 0) is 0 Å². The lowest BCUT2D eigenvalue weighted by Crippen LogP contribution is -1.99. The Hall–Kier alpha value is -1.46. The highest BCUT2D eigenvalue weighted by molar-refractivity contribution is 7.71. The quantitative estimate of drug-likeness (QED) is 0.749. The molecule has 2 aromatic rings. The summed E-state index contributed by atoms with van der Waals surface area (Å²) in [6, 6.07) is 7.19. The van der Waals surface area contributed by atoms with Gasteiger partial charge in [0, 0.05) is 10.6 Å². The molecule has 15 heavy (non-hydrogen) atoms. The first-order valence-corrected chi connectivity index (χ1v) is 4.93. The molecule has 1 aromatic carbocycles. The van der Waals surface area contributed by atoms with E-state index in [-0.39, 0.29) is 5.82 Å². The molecular formula is C9H7ClN4S. The summed E-state index contributed by atoms with van der Waals surface area (Å²) in [5, 5.41) is 7.22. The summed E-state index contributed by atoms with van der Waals surface area (Å²) in [6.07, 6.45) is 0. The summed E-state index contributed by atoms with van der Waals surface area (Å²) in [4.78, 5) is 4.10. The number of benzene rings is 1. The van der Waals surface area contributed by atoms with Gasteiger partial charge in [0.2, 0.25) is 0 Å². The van der Waals surface area contributed by atoms with E-state index in [1.807, 2.05) is 12.1 Å². The number of aromatic amines is 1. The molecule has 0 amide bonds. The Labute approximate surface area is 96.1 Å². The summed E-state index contributed by atoms with van der Waals surface area (Å²) >= 11 is 10.7. The molecule has 3 N–H and O–H groups in total. The Morgan fingerprint density at radius 2 is 1.93 bits per heavy atom. The molecule has 0 aliphatic heterocycles. The first-order chi connectivity index (χ1) is 7.16. The van der Waals surface area contributed by atoms with Gasteiger partial charge in [-0.25, -0.2) is 4.98 Å². The molecule has 0 bridgehead atoms. The predicted octanol–water partition coefficient (Wildman–Crippen LogP) is 2.44. The number of nitrogens with one attached hydrogen (secondary N) is 1. The Morgan fingerprint density at radius 3 is 2.53 bits per heavy atom. The number of anilines is 1. The minimum absolute atomic E-state index is 0.225. The van der Waals surface area contributed by atoms with Crippen LogP contribution in [0.5, 0.6) is 0 Å². The number of nitrogens with two attached hydrogens (primary N) is 1. The average Bonchev–Trinajstić information content (AvgIpc) is 2.23. The highest BCUT2D eigenvalue weighted by Crippen LogP contribution is 2.17. The standard InChI is InChI=1S/C9H7ClN4S/c10-6-3-1-5(2-4-6)8-12-9(15)7(11)13-14-8/h1-4H,(H2,11,13)(H,12,14,15). The van der Waals surface area contributed by atoms with Crippen molar-refractivity contribution in [2.75, 3.05) is 5.73 Å². The van der Waals surface area contributed by atoms with Crippen LogP contribution in [0, 0.1) is 4.64 Å². The van der Waals surface area contributed by atoms with Crippen LogP contribution < -0.4 is 5.73 Å². The normalized spacial score (nSPS) is 10.2. The van der Waals surface area contributed by atoms with Gasteiger partial charge >= 0.3 is 0 Å². The maximum absolute atomic E-state index is 5.77. The average molecular weight is 239 g/mol. The monoisotopic (exact) mass is 238 g/mol. The maximum Gasteiger partial charge on any atom is 0.180 e. The molecule has 0 aliphatic rings. The molecule has 6 heteroatoms. The Bertz CT molecular complexity index is 535. The third kappa shape index (κ3) is 2.14. The van der Waals surface area contributed by atoms with Crippen molar-refractivity contribution in [2.45, 2.75) is 0 Å². The van der Waals surface area contributed by atoms with Crippen LogP contribution in [0.25, 0.3) is 11.4 Å². The number of nitrogens with zero attached hydrogens (tertiary/aromatic N) is 2. The van der Waals surface area contributed by atoms with Crippen molar-refractivity contribution in [3.05, 3.63) is 33.9 Å². The van der Waals surface area contributed by atoms with Gasteiger partial charge in [-0.05, 0) is 24.3 Å². The lowest BCUT2D eigenvalue weighted by molar-refractivity contribution is 0.983. The third-order valence-corrected chi connectivity index (χ3v) is 2.38. The van der Waals surface area contributed by atoms with Crippen molar-refractivity contribution in [2.24, 2.45) is 0 Å². The molecule has 76 valence electrons. The molecule has 0 aliphatic carbocycles. The van der Waals surface area contributed by atoms with E-state index in [4.69, 9.17) is 29.6 Å². The number of hydrogen-bond acceptors (Lipinski definition) is 4. The van der Waals surface area contributed by atoms with E-state index >= 15 is 0 Å². The number of nitrogen functional groups attached to an aromatic ring is 1. The topological polar surface area (TPSA) is 67.6 Å². The lowest BCUT2D eigenvalue weighted by atomic mass is 10.2. The van der Waals surface area contributed by atoms with Gasteiger partial charge in [0.25, 0.3) is 0 Å². The van der Waals surface area contributed by atoms with Crippen LogP contribution in [0.15, 0.2) is 24.3 Å². The molecule has 2 rings (SSSR count). The zero-order chi connectivity index (χ0) is 10.8. The second-order valence-electron chi connectivity index (χ2n) is 2.88. The van der Waals surface area contributed by atoms with E-state index in [1.54, 1.807) is 12.1 Å². The minimum atomic E-state index is 0.225. The fourth-order valence-corrected chi connectivity index (χ4v) is 1.34. The van der Waals surface area contributed by atoms with Gasteiger partial charge in [0.15, 0.2) is 16.3 Å². The summed E-state index contributed by atoms with van der Waals surface area (Å²) in [6.45, 7) is 0. The number of rotatable bonds is 1. The van der Waals surface area contributed by atoms with Crippen LogP contribution in [0.1, 0.15) is 0 Å². The summed E-state index contributed by atoms with van der Waals surface area (Å²) in [5.41, 5.74) is 6.32. The van der Waals surface area contributed by atoms with Crippen molar-refractivity contribution in [3.8, 4) is 11.4 Å². The number of halogens is 1. The first kappa shape index (κ1) is 10.1. The SMILES string of the molecule is Nc1n[nH]c(-c2ccc(Cl)cc2)nc1=S. The zero-order valence-electron chi connectivity index (χ0n) is 7.57. The fourth-order valence-electron chi connectivity index (χ4n) is 1.08. The van der Waals surface area contributed by atoms with Crippen molar-refractivity contribution < 1.29 is 0 Å². The van der Waals surface area contributed by atoms with Crippen molar-refractivity contribution >= 4 is 29.6 Å². The van der Waals surface area contributed by atoms with Crippen molar-refractivity contribution in [1.82, 2.24) is 15.2 Å². The molecule has 0 saturated heterocycles. The van der Waals surface area contributed by atoms with E-state index in [9.17, 15) is 0 Å². The second-order valence-corrected chi connectivity index (χ2v) is 3.70. The third-order valence-electron chi connectivity index (χ3n) is 1.83. The first-order valence-electron chi connectivity index (χ1n) is 4.15. The molecule has 1 heterocycles. The number of H-pyrrole nitrogens is 1. The smallest absolute Gasteiger partial charge is 0.180 e. The summed E-state index contributed by atoms with van der Waals surface area (Å²) < 4.78 is 0.290. The number of aromatic nitrogens is 3. The van der Waals surface area contributed by atoms with E-state index in [1.165, 1.54) is 0 Å². The number of hydrogen-bond donors (Lipinski definition) is 2. The Balaban J connectivity index is 2.50. The van der Waals surface area contributed by atoms with Crippen LogP contribution >= 0.6 is 23.8 Å². The molecule has 1 aromatic heterocycles. The minimum Gasteiger partial charge on any atom is -0.380 e. The van der Waals surface area contributed by atoms with E-state index < -0.39 is 0 Å². The van der Waals surface area contributed by atoms with Crippen LogP contribution in [0.2, 0.25) is 5.02 Å². The maximum atomic E-state index is 5.77. The van der Waals surface area contributed by atoms with Gasteiger partial charge in [-0.1, -0.05) is 23.8 Å². The second kappa shape index (κ2) is 3.96. The summed E-state index contributed by atoms with van der Waals surface area (Å²) in [7, 11) is 0. The molecule has 0 fully saturated rings. The lowest BCUT2D eigenvalue weighted by Gasteiger charge is -2.00.